The Bertz CT molecular complexity index is 1440. The van der Waals surface area contributed by atoms with Crippen molar-refractivity contribution < 1.29 is 9.47 Å². The number of benzene rings is 1. The SMILES string of the molecule is COc1cc(OC)cc(N(Cc2[nH]ccc2S)c2ccc3ncc(-c4cnn(C)c4)cc3n2)c1. The number of H-pyrrole nitrogens is 1. The maximum Gasteiger partial charge on any atom is 0.134 e. The Hall–Kier alpha value is -3.98. The van der Waals surface area contributed by atoms with Crippen LogP contribution in [0.5, 0.6) is 11.5 Å². The fraction of sp³-hybridized carbons (Fsp3) is 0.160. The molecule has 0 saturated carbocycles. The van der Waals surface area contributed by atoms with E-state index < -0.39 is 0 Å². The zero-order valence-electron chi connectivity index (χ0n) is 19.1. The summed E-state index contributed by atoms with van der Waals surface area (Å²) >= 11 is 4.60. The van der Waals surface area contributed by atoms with Crippen molar-refractivity contribution in [3.8, 4) is 22.6 Å². The molecule has 0 saturated heterocycles. The molecule has 5 aromatic rings. The van der Waals surface area contributed by atoms with Crippen LogP contribution in [0, 0.1) is 0 Å². The second kappa shape index (κ2) is 9.11. The monoisotopic (exact) mass is 472 g/mol. The minimum absolute atomic E-state index is 0.524. The number of hydrogen-bond donors (Lipinski definition) is 2. The fourth-order valence-corrected chi connectivity index (χ4v) is 4.02. The Morgan fingerprint density at radius 2 is 1.76 bits per heavy atom. The molecule has 0 aliphatic heterocycles. The van der Waals surface area contributed by atoms with Crippen LogP contribution in [0.1, 0.15) is 5.69 Å². The van der Waals surface area contributed by atoms with E-state index in [2.05, 4.69) is 32.6 Å². The highest BCUT2D eigenvalue weighted by molar-refractivity contribution is 7.80. The first-order valence-electron chi connectivity index (χ1n) is 10.7. The third kappa shape index (κ3) is 4.29. The molecule has 4 heterocycles. The third-order valence-electron chi connectivity index (χ3n) is 5.61. The van der Waals surface area contributed by atoms with E-state index in [-0.39, 0.29) is 0 Å². The summed E-state index contributed by atoms with van der Waals surface area (Å²) in [4.78, 5) is 15.8. The van der Waals surface area contributed by atoms with Crippen molar-refractivity contribution in [3.63, 3.8) is 0 Å². The lowest BCUT2D eigenvalue weighted by molar-refractivity contribution is 0.394. The lowest BCUT2D eigenvalue weighted by Gasteiger charge is -2.25. The summed E-state index contributed by atoms with van der Waals surface area (Å²) in [6.45, 7) is 0.524. The predicted octanol–water partition coefficient (Wildman–Crippen LogP) is 5.00. The Labute approximate surface area is 202 Å². The van der Waals surface area contributed by atoms with Gasteiger partial charge in [-0.2, -0.15) is 5.10 Å². The van der Waals surface area contributed by atoms with Crippen molar-refractivity contribution in [3.05, 3.63) is 72.9 Å². The average molecular weight is 473 g/mol. The second-order valence-electron chi connectivity index (χ2n) is 7.83. The first-order valence-corrected chi connectivity index (χ1v) is 11.1. The van der Waals surface area contributed by atoms with Gasteiger partial charge in [-0.05, 0) is 24.3 Å². The number of aromatic nitrogens is 5. The molecule has 0 fully saturated rings. The normalized spacial score (nSPS) is 11.1. The largest absolute Gasteiger partial charge is 0.497 e. The molecule has 0 bridgehead atoms. The molecule has 172 valence electrons. The first kappa shape index (κ1) is 21.8. The summed E-state index contributed by atoms with van der Waals surface area (Å²) in [5.74, 6) is 2.15. The van der Waals surface area contributed by atoms with Crippen LogP contribution >= 0.6 is 12.6 Å². The summed E-state index contributed by atoms with van der Waals surface area (Å²) in [5, 5.41) is 4.27. The number of pyridine rings is 2. The zero-order chi connectivity index (χ0) is 23.7. The molecule has 0 spiro atoms. The molecule has 9 heteroatoms. The highest BCUT2D eigenvalue weighted by Crippen LogP contribution is 2.35. The molecule has 0 aliphatic carbocycles. The fourth-order valence-electron chi connectivity index (χ4n) is 3.81. The minimum atomic E-state index is 0.524. The quantitative estimate of drug-likeness (QED) is 0.325. The maximum atomic E-state index is 5.51. The number of fused-ring (bicyclic) bond motifs is 1. The second-order valence-corrected chi connectivity index (χ2v) is 8.31. The van der Waals surface area contributed by atoms with Crippen LogP contribution in [0.2, 0.25) is 0 Å². The maximum absolute atomic E-state index is 5.51. The number of methoxy groups -OCH3 is 2. The number of hydrogen-bond acceptors (Lipinski definition) is 7. The van der Waals surface area contributed by atoms with Gasteiger partial charge in [-0.15, -0.1) is 12.6 Å². The van der Waals surface area contributed by atoms with Gasteiger partial charge in [0.2, 0.25) is 0 Å². The Morgan fingerprint density at radius 3 is 2.41 bits per heavy atom. The molecular formula is C25H24N6O2S. The topological polar surface area (TPSA) is 81.1 Å². The molecule has 4 aromatic heterocycles. The van der Waals surface area contributed by atoms with Gasteiger partial charge in [-0.3, -0.25) is 9.67 Å². The van der Waals surface area contributed by atoms with Crippen LogP contribution in [-0.2, 0) is 13.6 Å². The van der Waals surface area contributed by atoms with Gasteiger partial charge in [0.25, 0.3) is 0 Å². The van der Waals surface area contributed by atoms with Crippen LogP contribution < -0.4 is 14.4 Å². The number of aryl methyl sites for hydroxylation is 1. The molecule has 8 nitrogen and oxygen atoms in total. The van der Waals surface area contributed by atoms with Crippen LogP contribution in [0.4, 0.5) is 11.5 Å². The van der Waals surface area contributed by atoms with E-state index in [1.54, 1.807) is 18.9 Å². The standard InChI is InChI=1S/C25H24N6O2S/c1-30-14-17(13-28-30)16-8-22-21(27-12-16)4-5-25(29-22)31(15-23-24(34)6-7-26-23)18-9-19(32-2)11-20(10-18)33-3/h4-14,26,34H,15H2,1-3H3. The van der Waals surface area contributed by atoms with E-state index in [0.717, 1.165) is 44.3 Å². The highest BCUT2D eigenvalue weighted by atomic mass is 32.1. The number of nitrogens with zero attached hydrogens (tertiary/aromatic N) is 5. The Kier molecular flexibility index (Phi) is 5.85. The number of aromatic amines is 1. The van der Waals surface area contributed by atoms with Crippen molar-refractivity contribution in [2.45, 2.75) is 11.4 Å². The Balaban J connectivity index is 1.63. The van der Waals surface area contributed by atoms with Crippen molar-refractivity contribution >= 4 is 35.2 Å². The van der Waals surface area contributed by atoms with Crippen molar-refractivity contribution in [2.24, 2.45) is 7.05 Å². The Morgan fingerprint density at radius 1 is 0.971 bits per heavy atom. The predicted molar refractivity (Wildman–Crippen MR) is 135 cm³/mol. The highest BCUT2D eigenvalue weighted by Gasteiger charge is 2.17. The van der Waals surface area contributed by atoms with Gasteiger partial charge in [0, 0.05) is 65.6 Å². The zero-order valence-corrected chi connectivity index (χ0v) is 20.0. The molecule has 0 unspecified atom stereocenters. The number of thiol groups is 1. The number of anilines is 2. The van der Waals surface area contributed by atoms with Crippen LogP contribution in [0.3, 0.4) is 0 Å². The van der Waals surface area contributed by atoms with Gasteiger partial charge >= 0.3 is 0 Å². The smallest absolute Gasteiger partial charge is 0.134 e. The van der Waals surface area contributed by atoms with E-state index in [4.69, 9.17) is 14.5 Å². The molecule has 0 atom stereocenters. The molecular weight excluding hydrogens is 448 g/mol. The summed E-state index contributed by atoms with van der Waals surface area (Å²) < 4.78 is 12.8. The minimum Gasteiger partial charge on any atom is -0.497 e. The van der Waals surface area contributed by atoms with Crippen LogP contribution in [0.25, 0.3) is 22.2 Å². The van der Waals surface area contributed by atoms with E-state index in [9.17, 15) is 0 Å². The molecule has 5 rings (SSSR count). The van der Waals surface area contributed by atoms with E-state index in [1.807, 2.05) is 74.3 Å². The van der Waals surface area contributed by atoms with Crippen molar-refractivity contribution in [1.29, 1.82) is 0 Å². The molecule has 0 radical (unpaired) electrons. The average Bonchev–Trinajstić information content (AvgIpc) is 3.49. The lowest BCUT2D eigenvalue weighted by atomic mass is 10.1. The van der Waals surface area contributed by atoms with Crippen molar-refractivity contribution in [2.75, 3.05) is 19.1 Å². The number of nitrogens with one attached hydrogen (secondary N) is 1. The molecule has 0 amide bonds. The summed E-state index contributed by atoms with van der Waals surface area (Å²) in [6, 6.07) is 13.7. The molecule has 0 aliphatic rings. The van der Waals surface area contributed by atoms with Crippen LogP contribution in [-0.4, -0.2) is 39.0 Å². The summed E-state index contributed by atoms with van der Waals surface area (Å²) in [6.07, 6.45) is 7.50. The van der Waals surface area contributed by atoms with Crippen LogP contribution in [0.15, 0.2) is 72.1 Å². The van der Waals surface area contributed by atoms with Gasteiger partial charge in [-0.25, -0.2) is 4.98 Å². The van der Waals surface area contributed by atoms with Gasteiger partial charge in [0.1, 0.15) is 17.3 Å². The third-order valence-corrected chi connectivity index (χ3v) is 6.03. The summed E-state index contributed by atoms with van der Waals surface area (Å²) in [7, 11) is 5.17. The first-order chi connectivity index (χ1) is 16.5. The molecule has 1 aromatic carbocycles. The van der Waals surface area contributed by atoms with Gasteiger partial charge < -0.3 is 19.4 Å². The molecule has 34 heavy (non-hydrogen) atoms. The van der Waals surface area contributed by atoms with Gasteiger partial charge in [0.15, 0.2) is 0 Å². The lowest BCUT2D eigenvalue weighted by Crippen LogP contribution is -2.18. The number of rotatable bonds is 7. The number of ether oxygens (including phenoxy) is 2. The van der Waals surface area contributed by atoms with Gasteiger partial charge in [0.05, 0.1) is 43.7 Å². The van der Waals surface area contributed by atoms with E-state index in [0.29, 0.717) is 18.0 Å². The van der Waals surface area contributed by atoms with E-state index >= 15 is 0 Å². The van der Waals surface area contributed by atoms with Crippen molar-refractivity contribution in [1.82, 2.24) is 24.7 Å². The summed E-state index contributed by atoms with van der Waals surface area (Å²) in [5.41, 5.74) is 5.40. The van der Waals surface area contributed by atoms with Gasteiger partial charge in [-0.1, -0.05) is 0 Å². The molecule has 1 N–H and O–H groups in total. The van der Waals surface area contributed by atoms with E-state index in [1.165, 1.54) is 0 Å².